The number of para-hydroxylation sites is 1. The number of carboxylic acid groups (broad SMARTS) is 1. The SMILES string of the molecule is NC(=O)[C@H](CCC(=O)O)NC(=O)[C@H](Cc1c[nH]c2ccccc12)NC(=O)[C@H](CCCN=C(N)N)NC(=O)[C@H](Cc1ccc2ccccc2c1)[C@H](O)C(=O)NO. The highest BCUT2D eigenvalue weighted by atomic mass is 16.5. The van der Waals surface area contributed by atoms with Gasteiger partial charge in [-0.15, -0.1) is 0 Å². The highest BCUT2D eigenvalue weighted by Crippen LogP contribution is 2.22. The van der Waals surface area contributed by atoms with Crippen LogP contribution in [-0.4, -0.2) is 92.6 Å². The lowest BCUT2D eigenvalue weighted by Gasteiger charge is -2.27. The summed E-state index contributed by atoms with van der Waals surface area (Å²) in [6, 6.07) is 15.8. The van der Waals surface area contributed by atoms with Crippen LogP contribution in [0.5, 0.6) is 0 Å². The molecule has 0 bridgehead atoms. The van der Waals surface area contributed by atoms with Crippen LogP contribution >= 0.6 is 0 Å². The van der Waals surface area contributed by atoms with Gasteiger partial charge < -0.3 is 48.3 Å². The molecular formula is C37H45N9O9. The molecule has 3 aromatic carbocycles. The van der Waals surface area contributed by atoms with Gasteiger partial charge in [0.25, 0.3) is 5.91 Å². The van der Waals surface area contributed by atoms with E-state index < -0.39 is 72.1 Å². The molecule has 0 radical (unpaired) electrons. The first kappa shape index (κ1) is 41.2. The summed E-state index contributed by atoms with van der Waals surface area (Å²) in [5, 5.41) is 39.5. The number of nitrogens with zero attached hydrogens (tertiary/aromatic N) is 1. The van der Waals surface area contributed by atoms with Crippen molar-refractivity contribution >= 4 is 63.1 Å². The van der Waals surface area contributed by atoms with Crippen LogP contribution in [0.4, 0.5) is 0 Å². The maximum atomic E-state index is 14.1. The molecule has 18 nitrogen and oxygen atoms in total. The molecule has 0 spiro atoms. The number of hydrogen-bond acceptors (Lipinski definition) is 9. The number of aliphatic carboxylic acids is 1. The number of fused-ring (bicyclic) bond motifs is 2. The molecule has 18 heteroatoms. The molecule has 0 aliphatic carbocycles. The first-order chi connectivity index (χ1) is 26.3. The summed E-state index contributed by atoms with van der Waals surface area (Å²) in [6.45, 7) is 0.0567. The molecule has 1 heterocycles. The summed E-state index contributed by atoms with van der Waals surface area (Å²) >= 11 is 0. The number of aliphatic imine (C=N–C) groups is 1. The molecular weight excluding hydrogens is 714 g/mol. The minimum Gasteiger partial charge on any atom is -0.481 e. The summed E-state index contributed by atoms with van der Waals surface area (Å²) < 4.78 is 0. The van der Waals surface area contributed by atoms with E-state index in [0.717, 1.165) is 21.7 Å². The van der Waals surface area contributed by atoms with Crippen LogP contribution in [-0.2, 0) is 41.6 Å². The molecule has 0 aliphatic rings. The number of nitrogens with one attached hydrogen (secondary N) is 5. The number of H-pyrrole nitrogens is 1. The van der Waals surface area contributed by atoms with Gasteiger partial charge in [0, 0.05) is 36.5 Å². The molecule has 4 aromatic rings. The van der Waals surface area contributed by atoms with E-state index in [1.165, 1.54) is 5.48 Å². The summed E-state index contributed by atoms with van der Waals surface area (Å²) in [7, 11) is 0. The number of carboxylic acids is 1. The largest absolute Gasteiger partial charge is 0.481 e. The topological polar surface area (TPSA) is 317 Å². The lowest BCUT2D eigenvalue weighted by molar-refractivity contribution is -0.146. The Kier molecular flexibility index (Phi) is 14.6. The highest BCUT2D eigenvalue weighted by Gasteiger charge is 2.36. The summed E-state index contributed by atoms with van der Waals surface area (Å²) in [6.07, 6.45) is -1.39. The van der Waals surface area contributed by atoms with Gasteiger partial charge in [0.1, 0.15) is 24.2 Å². The van der Waals surface area contributed by atoms with Crippen molar-refractivity contribution < 1.29 is 44.2 Å². The number of aliphatic hydroxyl groups is 1. The fraction of sp³-hybridized carbons (Fsp3) is 0.324. The fourth-order valence-corrected chi connectivity index (χ4v) is 6.10. The number of hydrogen-bond donors (Lipinski definition) is 11. The van der Waals surface area contributed by atoms with Crippen LogP contribution < -0.4 is 38.6 Å². The molecule has 0 unspecified atom stereocenters. The number of aliphatic hydroxyl groups excluding tert-OH is 1. The molecule has 5 amide bonds. The van der Waals surface area contributed by atoms with Crippen molar-refractivity contribution in [3.05, 3.63) is 84.1 Å². The number of carbonyl (C=O) groups is 6. The Morgan fingerprint density at radius 3 is 2.09 bits per heavy atom. The molecule has 0 saturated carbocycles. The van der Waals surface area contributed by atoms with Crippen LogP contribution in [0.2, 0.25) is 0 Å². The second-order valence-electron chi connectivity index (χ2n) is 12.9. The van der Waals surface area contributed by atoms with E-state index in [1.807, 2.05) is 30.3 Å². The number of rotatable bonds is 20. The molecule has 0 saturated heterocycles. The normalized spacial score (nSPS) is 13.8. The smallest absolute Gasteiger partial charge is 0.303 e. The van der Waals surface area contributed by atoms with Gasteiger partial charge in [-0.1, -0.05) is 60.7 Å². The lowest BCUT2D eigenvalue weighted by atomic mass is 9.91. The molecule has 14 N–H and O–H groups in total. The average molecular weight is 760 g/mol. The highest BCUT2D eigenvalue weighted by molar-refractivity contribution is 5.96. The van der Waals surface area contributed by atoms with Crippen LogP contribution in [0.3, 0.4) is 0 Å². The molecule has 0 aliphatic heterocycles. The maximum absolute atomic E-state index is 14.1. The third-order valence-corrected chi connectivity index (χ3v) is 8.98. The number of aromatic nitrogens is 1. The summed E-state index contributed by atoms with van der Waals surface area (Å²) in [5.41, 5.74) is 19.6. The number of hydroxylamine groups is 1. The Bertz CT molecular complexity index is 2050. The number of aromatic amines is 1. The second kappa shape index (κ2) is 19.5. The first-order valence-electron chi connectivity index (χ1n) is 17.4. The zero-order chi connectivity index (χ0) is 40.1. The van der Waals surface area contributed by atoms with E-state index in [2.05, 4.69) is 25.9 Å². The van der Waals surface area contributed by atoms with Crippen molar-refractivity contribution in [2.24, 2.45) is 28.1 Å². The summed E-state index contributed by atoms with van der Waals surface area (Å²) in [5.74, 6) is -7.81. The number of nitrogens with two attached hydrogens (primary N) is 3. The van der Waals surface area contributed by atoms with E-state index in [-0.39, 0.29) is 44.6 Å². The van der Waals surface area contributed by atoms with E-state index in [1.54, 1.807) is 42.6 Å². The Morgan fingerprint density at radius 2 is 1.40 bits per heavy atom. The van der Waals surface area contributed by atoms with Crippen LogP contribution in [0, 0.1) is 5.92 Å². The van der Waals surface area contributed by atoms with Gasteiger partial charge in [0.2, 0.25) is 23.6 Å². The van der Waals surface area contributed by atoms with Gasteiger partial charge in [-0.25, -0.2) is 5.48 Å². The molecule has 1 aromatic heterocycles. The Morgan fingerprint density at radius 1 is 0.745 bits per heavy atom. The second-order valence-corrected chi connectivity index (χ2v) is 12.9. The van der Waals surface area contributed by atoms with E-state index >= 15 is 0 Å². The number of amides is 5. The van der Waals surface area contributed by atoms with Gasteiger partial charge in [0.15, 0.2) is 5.96 Å². The number of benzene rings is 3. The Balaban J connectivity index is 1.64. The van der Waals surface area contributed by atoms with Crippen molar-refractivity contribution in [1.29, 1.82) is 0 Å². The van der Waals surface area contributed by atoms with Gasteiger partial charge in [-0.3, -0.25) is 39.0 Å². The third-order valence-electron chi connectivity index (χ3n) is 8.98. The van der Waals surface area contributed by atoms with Crippen molar-refractivity contribution in [2.45, 2.75) is 62.8 Å². The minimum absolute atomic E-state index is 0.0567. The minimum atomic E-state index is -2.04. The van der Waals surface area contributed by atoms with Gasteiger partial charge in [0.05, 0.1) is 5.92 Å². The quantitative estimate of drug-likeness (QED) is 0.0178. The van der Waals surface area contributed by atoms with E-state index in [0.29, 0.717) is 11.1 Å². The van der Waals surface area contributed by atoms with Crippen molar-refractivity contribution in [3.63, 3.8) is 0 Å². The average Bonchev–Trinajstić information content (AvgIpc) is 3.57. The Hall–Kier alpha value is -6.53. The molecule has 4 rings (SSSR count). The standard InChI is InChI=1S/C37H45N9O9/c38-32(50)27(13-14-30(47)48)43-35(53)29(18-23-19-42-26-9-4-3-8-24(23)26)45-34(52)28(10-5-15-41-37(39)40)44-33(51)25(31(49)36(54)46-55)17-20-11-12-21-6-1-2-7-22(21)16-20/h1-4,6-9,11-12,16,19,25,27-29,31,42,49,55H,5,10,13-15,17-18H2,(H2,38,50)(H,43,53)(H,44,51)(H,45,52)(H,46,54)(H,47,48)(H4,39,40,41)/t25-,27+,28+,29+,31+/m1/s1. The van der Waals surface area contributed by atoms with Gasteiger partial charge in [-0.2, -0.15) is 0 Å². The predicted molar refractivity (Wildman–Crippen MR) is 201 cm³/mol. The molecule has 292 valence electrons. The lowest BCUT2D eigenvalue weighted by Crippen LogP contribution is -2.58. The number of primary amides is 1. The van der Waals surface area contributed by atoms with Gasteiger partial charge in [-0.05, 0) is 53.6 Å². The summed E-state index contributed by atoms with van der Waals surface area (Å²) in [4.78, 5) is 84.6. The van der Waals surface area contributed by atoms with Crippen LogP contribution in [0.15, 0.2) is 77.9 Å². The maximum Gasteiger partial charge on any atom is 0.303 e. The third kappa shape index (κ3) is 11.7. The van der Waals surface area contributed by atoms with Crippen LogP contribution in [0.25, 0.3) is 21.7 Å². The predicted octanol–water partition coefficient (Wildman–Crippen LogP) is -0.553. The molecule has 0 fully saturated rings. The fourth-order valence-electron chi connectivity index (χ4n) is 6.10. The van der Waals surface area contributed by atoms with Crippen LogP contribution in [0.1, 0.15) is 36.8 Å². The van der Waals surface area contributed by atoms with Crippen molar-refractivity contribution in [1.82, 2.24) is 26.4 Å². The number of carbonyl (C=O) groups excluding carboxylic acids is 5. The molecule has 5 atom stereocenters. The number of guanidine groups is 1. The van der Waals surface area contributed by atoms with E-state index in [4.69, 9.17) is 22.3 Å². The first-order valence-corrected chi connectivity index (χ1v) is 17.4. The van der Waals surface area contributed by atoms with Crippen molar-refractivity contribution in [2.75, 3.05) is 6.54 Å². The monoisotopic (exact) mass is 759 g/mol. The zero-order valence-corrected chi connectivity index (χ0v) is 29.7. The molecule has 55 heavy (non-hydrogen) atoms. The zero-order valence-electron chi connectivity index (χ0n) is 29.7. The Labute approximate surface area is 314 Å². The van der Waals surface area contributed by atoms with Gasteiger partial charge >= 0.3 is 5.97 Å². The van der Waals surface area contributed by atoms with E-state index in [9.17, 15) is 39.1 Å². The van der Waals surface area contributed by atoms with Crippen molar-refractivity contribution in [3.8, 4) is 0 Å².